The first-order valence-electron chi connectivity index (χ1n) is 6.73. The third-order valence-corrected chi connectivity index (χ3v) is 3.57. The number of thioether (sulfide) groups is 1. The van der Waals surface area contributed by atoms with E-state index in [1.165, 1.54) is 6.33 Å². The molecule has 0 atom stereocenters. The monoisotopic (exact) mass is 305 g/mol. The molecule has 0 spiro atoms. The van der Waals surface area contributed by atoms with Gasteiger partial charge >= 0.3 is 0 Å². The second kappa shape index (κ2) is 7.73. The number of benzene rings is 1. The van der Waals surface area contributed by atoms with Crippen LogP contribution in [0, 0.1) is 0 Å². The number of methoxy groups -OCH3 is 1. The van der Waals surface area contributed by atoms with Gasteiger partial charge in [0, 0.05) is 11.4 Å². The van der Waals surface area contributed by atoms with E-state index in [-0.39, 0.29) is 0 Å². The average molecular weight is 305 g/mol. The largest absolute Gasteiger partial charge is 0.489 e. The Morgan fingerprint density at radius 3 is 2.76 bits per heavy atom. The number of para-hydroxylation sites is 1. The summed E-state index contributed by atoms with van der Waals surface area (Å²) in [7, 11) is 1.59. The minimum Gasteiger partial charge on any atom is -0.489 e. The van der Waals surface area contributed by atoms with Crippen molar-refractivity contribution in [2.24, 2.45) is 0 Å². The molecule has 0 unspecified atom stereocenters. The van der Waals surface area contributed by atoms with E-state index in [9.17, 15) is 0 Å². The van der Waals surface area contributed by atoms with E-state index in [1.807, 2.05) is 30.5 Å². The molecule has 0 fully saturated rings. The summed E-state index contributed by atoms with van der Waals surface area (Å²) < 4.78 is 11.3. The summed E-state index contributed by atoms with van der Waals surface area (Å²) in [6.07, 6.45) is 4.48. The van der Waals surface area contributed by atoms with Gasteiger partial charge in [-0.25, -0.2) is 4.98 Å². The van der Waals surface area contributed by atoms with Crippen molar-refractivity contribution in [1.29, 1.82) is 0 Å². The van der Waals surface area contributed by atoms with Gasteiger partial charge in [-0.1, -0.05) is 19.1 Å². The van der Waals surface area contributed by atoms with Crippen molar-refractivity contribution in [2.75, 3.05) is 25.2 Å². The Kier molecular flexibility index (Phi) is 5.68. The van der Waals surface area contributed by atoms with Crippen LogP contribution in [0.1, 0.15) is 13.3 Å². The van der Waals surface area contributed by atoms with E-state index >= 15 is 0 Å². The normalized spacial score (nSPS) is 10.2. The molecule has 2 rings (SSSR count). The first kappa shape index (κ1) is 15.4. The molecule has 112 valence electrons. The van der Waals surface area contributed by atoms with E-state index in [2.05, 4.69) is 22.2 Å². The van der Waals surface area contributed by atoms with Gasteiger partial charge in [-0.05, 0) is 24.8 Å². The molecule has 1 aromatic carbocycles. The lowest BCUT2D eigenvalue weighted by Gasteiger charge is -2.14. The van der Waals surface area contributed by atoms with Crippen LogP contribution in [0.5, 0.6) is 17.4 Å². The zero-order chi connectivity index (χ0) is 15.1. The zero-order valence-corrected chi connectivity index (χ0v) is 13.2. The van der Waals surface area contributed by atoms with E-state index in [4.69, 9.17) is 9.47 Å². The number of ether oxygens (including phenoxy) is 2. The van der Waals surface area contributed by atoms with Gasteiger partial charge in [0.2, 0.25) is 5.75 Å². The molecular weight excluding hydrogens is 286 g/mol. The molecule has 0 radical (unpaired) electrons. The fourth-order valence-electron chi connectivity index (χ4n) is 1.79. The maximum absolute atomic E-state index is 5.91. The lowest BCUT2D eigenvalue weighted by molar-refractivity contribution is 0.366. The quantitative estimate of drug-likeness (QED) is 0.785. The van der Waals surface area contributed by atoms with Gasteiger partial charge in [-0.2, -0.15) is 4.98 Å². The summed E-state index contributed by atoms with van der Waals surface area (Å²) in [4.78, 5) is 9.42. The average Bonchev–Trinajstić information content (AvgIpc) is 2.53. The van der Waals surface area contributed by atoms with Crippen LogP contribution in [0.2, 0.25) is 0 Å². The van der Waals surface area contributed by atoms with Crippen LogP contribution in [-0.4, -0.2) is 29.9 Å². The van der Waals surface area contributed by atoms with Crippen LogP contribution in [0.25, 0.3) is 0 Å². The van der Waals surface area contributed by atoms with Crippen LogP contribution in [0.3, 0.4) is 0 Å². The summed E-state index contributed by atoms with van der Waals surface area (Å²) in [5, 5.41) is 3.21. The van der Waals surface area contributed by atoms with E-state index in [0.29, 0.717) is 17.4 Å². The van der Waals surface area contributed by atoms with Crippen molar-refractivity contribution in [3.05, 3.63) is 30.6 Å². The molecule has 1 heterocycles. The molecule has 0 aliphatic carbocycles. The summed E-state index contributed by atoms with van der Waals surface area (Å²) >= 11 is 1.62. The molecule has 1 N–H and O–H groups in total. The van der Waals surface area contributed by atoms with Crippen LogP contribution >= 0.6 is 11.8 Å². The van der Waals surface area contributed by atoms with Gasteiger partial charge < -0.3 is 14.8 Å². The molecular formula is C15H19N3O2S. The summed E-state index contributed by atoms with van der Waals surface area (Å²) in [5.74, 6) is 2.32. The van der Waals surface area contributed by atoms with Crippen molar-refractivity contribution < 1.29 is 9.47 Å². The van der Waals surface area contributed by atoms with Gasteiger partial charge in [0.25, 0.3) is 5.88 Å². The second-order valence-electron chi connectivity index (χ2n) is 4.24. The lowest BCUT2D eigenvalue weighted by atomic mass is 10.3. The fourth-order valence-corrected chi connectivity index (χ4v) is 2.32. The highest BCUT2D eigenvalue weighted by molar-refractivity contribution is 7.98. The predicted molar refractivity (Wildman–Crippen MR) is 85.7 cm³/mol. The van der Waals surface area contributed by atoms with Gasteiger partial charge in [0.1, 0.15) is 12.1 Å². The minimum atomic E-state index is 0.410. The van der Waals surface area contributed by atoms with Crippen LogP contribution in [-0.2, 0) is 0 Å². The number of rotatable bonds is 7. The van der Waals surface area contributed by atoms with Crippen LogP contribution < -0.4 is 14.8 Å². The standard InChI is InChI=1S/C15H19N3O2S/c1-4-9-16-14-13(19-2)15(18-10-17-14)20-11-7-5-6-8-12(11)21-3/h5-8,10H,4,9H2,1-3H3,(H,16,17,18). The Morgan fingerprint density at radius 2 is 2.05 bits per heavy atom. The number of anilines is 1. The van der Waals surface area contributed by atoms with Gasteiger partial charge in [0.15, 0.2) is 5.82 Å². The number of hydrogen-bond donors (Lipinski definition) is 1. The summed E-state index contributed by atoms with van der Waals surface area (Å²) in [5.41, 5.74) is 0. The maximum atomic E-state index is 5.91. The molecule has 21 heavy (non-hydrogen) atoms. The number of aromatic nitrogens is 2. The fraction of sp³-hybridized carbons (Fsp3) is 0.333. The number of nitrogens with one attached hydrogen (secondary N) is 1. The van der Waals surface area contributed by atoms with Crippen molar-refractivity contribution in [3.8, 4) is 17.4 Å². The molecule has 0 saturated heterocycles. The number of hydrogen-bond acceptors (Lipinski definition) is 6. The molecule has 2 aromatic rings. The first-order valence-corrected chi connectivity index (χ1v) is 7.96. The van der Waals surface area contributed by atoms with Crippen molar-refractivity contribution >= 4 is 17.6 Å². The topological polar surface area (TPSA) is 56.3 Å². The Labute approximate surface area is 129 Å². The molecule has 5 nitrogen and oxygen atoms in total. The van der Waals surface area contributed by atoms with Gasteiger partial charge in [-0.15, -0.1) is 11.8 Å². The van der Waals surface area contributed by atoms with Crippen molar-refractivity contribution in [1.82, 2.24) is 9.97 Å². The van der Waals surface area contributed by atoms with Crippen LogP contribution in [0.4, 0.5) is 5.82 Å². The lowest BCUT2D eigenvalue weighted by Crippen LogP contribution is -2.06. The summed E-state index contributed by atoms with van der Waals surface area (Å²) in [6.45, 7) is 2.90. The molecule has 1 aromatic heterocycles. The Hall–Kier alpha value is -1.95. The Morgan fingerprint density at radius 1 is 1.24 bits per heavy atom. The molecule has 0 aliphatic heterocycles. The van der Waals surface area contributed by atoms with E-state index in [0.717, 1.165) is 23.6 Å². The smallest absolute Gasteiger partial charge is 0.268 e. The molecule has 0 saturated carbocycles. The highest BCUT2D eigenvalue weighted by Crippen LogP contribution is 2.37. The molecule has 0 amide bonds. The maximum Gasteiger partial charge on any atom is 0.268 e. The first-order chi connectivity index (χ1) is 10.3. The number of nitrogens with zero attached hydrogens (tertiary/aromatic N) is 2. The molecule has 0 aliphatic rings. The highest BCUT2D eigenvalue weighted by atomic mass is 32.2. The molecule has 6 heteroatoms. The van der Waals surface area contributed by atoms with Crippen LogP contribution in [0.15, 0.2) is 35.5 Å². The Balaban J connectivity index is 2.31. The van der Waals surface area contributed by atoms with E-state index < -0.39 is 0 Å². The SMILES string of the molecule is CCCNc1ncnc(Oc2ccccc2SC)c1OC. The third kappa shape index (κ3) is 3.78. The van der Waals surface area contributed by atoms with Crippen molar-refractivity contribution in [2.45, 2.75) is 18.2 Å². The summed E-state index contributed by atoms with van der Waals surface area (Å²) in [6, 6.07) is 7.82. The van der Waals surface area contributed by atoms with E-state index in [1.54, 1.807) is 18.9 Å². The Bertz CT molecular complexity index is 593. The zero-order valence-electron chi connectivity index (χ0n) is 12.4. The third-order valence-electron chi connectivity index (χ3n) is 2.79. The predicted octanol–water partition coefficient (Wildman–Crippen LogP) is 3.82. The highest BCUT2D eigenvalue weighted by Gasteiger charge is 2.15. The van der Waals surface area contributed by atoms with Gasteiger partial charge in [-0.3, -0.25) is 0 Å². The second-order valence-corrected chi connectivity index (χ2v) is 5.09. The molecule has 0 bridgehead atoms. The van der Waals surface area contributed by atoms with Gasteiger partial charge in [0.05, 0.1) is 7.11 Å². The van der Waals surface area contributed by atoms with Crippen molar-refractivity contribution in [3.63, 3.8) is 0 Å². The minimum absolute atomic E-state index is 0.410.